The summed E-state index contributed by atoms with van der Waals surface area (Å²) in [4.78, 5) is 4.52. The number of ether oxygens (including phenoxy) is 1. The van der Waals surface area contributed by atoms with Crippen LogP contribution in [0.1, 0.15) is 39.5 Å². The van der Waals surface area contributed by atoms with Crippen molar-refractivity contribution in [3.05, 3.63) is 24.3 Å². The molecule has 1 aromatic carbocycles. The predicted octanol–water partition coefficient (Wildman–Crippen LogP) is 2.85. The van der Waals surface area contributed by atoms with Gasteiger partial charge in [-0.25, -0.2) is 8.42 Å². The minimum absolute atomic E-state index is 0.293. The first-order valence-corrected chi connectivity index (χ1v) is 11.2. The summed E-state index contributed by atoms with van der Waals surface area (Å²) < 4.78 is 28.5. The Labute approximate surface area is 158 Å². The van der Waals surface area contributed by atoms with E-state index in [2.05, 4.69) is 29.5 Å². The average Bonchev–Trinajstić information content (AvgIpc) is 2.63. The van der Waals surface area contributed by atoms with E-state index in [1.54, 1.807) is 31.3 Å². The zero-order valence-electron chi connectivity index (χ0n) is 16.4. The van der Waals surface area contributed by atoms with Gasteiger partial charge in [0.25, 0.3) is 0 Å². The minimum Gasteiger partial charge on any atom is -0.492 e. The zero-order chi connectivity index (χ0) is 19.4. The molecule has 0 aromatic heterocycles. The number of nitrogens with one attached hydrogen (secondary N) is 2. The molecule has 26 heavy (non-hydrogen) atoms. The molecule has 0 saturated heterocycles. The molecule has 0 bridgehead atoms. The van der Waals surface area contributed by atoms with Gasteiger partial charge in [0, 0.05) is 19.8 Å². The van der Waals surface area contributed by atoms with E-state index in [0.717, 1.165) is 18.9 Å². The quantitative estimate of drug-likeness (QED) is 0.349. The number of rotatable bonds is 11. The molecule has 0 aliphatic carbocycles. The molecule has 1 rings (SSSR count). The molecular formula is C19H33N3O3S. The Kier molecular flexibility index (Phi) is 10.1. The molecular weight excluding hydrogens is 350 g/mol. The highest BCUT2D eigenvalue weighted by molar-refractivity contribution is 7.90. The van der Waals surface area contributed by atoms with Crippen LogP contribution in [-0.2, 0) is 9.84 Å². The van der Waals surface area contributed by atoms with Crippen LogP contribution in [0.3, 0.4) is 0 Å². The summed E-state index contributed by atoms with van der Waals surface area (Å²) in [7, 11) is -1.42. The zero-order valence-corrected chi connectivity index (χ0v) is 17.2. The average molecular weight is 384 g/mol. The van der Waals surface area contributed by atoms with Crippen LogP contribution in [0.4, 0.5) is 0 Å². The minimum atomic E-state index is -3.17. The largest absolute Gasteiger partial charge is 0.492 e. The van der Waals surface area contributed by atoms with E-state index in [9.17, 15) is 8.42 Å². The number of hydrogen-bond donors (Lipinski definition) is 2. The first-order valence-electron chi connectivity index (χ1n) is 9.28. The number of unbranched alkanes of at least 4 members (excludes halogenated alkanes) is 1. The van der Waals surface area contributed by atoms with Gasteiger partial charge in [-0.05, 0) is 36.6 Å². The van der Waals surface area contributed by atoms with Crippen LogP contribution < -0.4 is 15.4 Å². The smallest absolute Gasteiger partial charge is 0.191 e. The Morgan fingerprint density at radius 2 is 1.88 bits per heavy atom. The molecule has 1 atom stereocenters. The number of hydrogen-bond acceptors (Lipinski definition) is 4. The summed E-state index contributed by atoms with van der Waals surface area (Å²) in [5.74, 6) is 2.09. The summed E-state index contributed by atoms with van der Waals surface area (Å²) in [5.41, 5.74) is 0. The van der Waals surface area contributed by atoms with Gasteiger partial charge in [-0.1, -0.05) is 33.1 Å². The van der Waals surface area contributed by atoms with E-state index in [4.69, 9.17) is 4.74 Å². The van der Waals surface area contributed by atoms with Crippen molar-refractivity contribution < 1.29 is 13.2 Å². The highest BCUT2D eigenvalue weighted by Crippen LogP contribution is 2.15. The van der Waals surface area contributed by atoms with E-state index in [0.29, 0.717) is 29.7 Å². The fourth-order valence-corrected chi connectivity index (χ4v) is 3.16. The summed E-state index contributed by atoms with van der Waals surface area (Å²) in [5, 5.41) is 6.60. The SMILES string of the molecule is CCCCC(CC)CNC(=NC)NCCOc1ccc(S(C)(=O)=O)cc1. The lowest BCUT2D eigenvalue weighted by Crippen LogP contribution is -2.41. The van der Waals surface area contributed by atoms with Gasteiger partial charge in [0.1, 0.15) is 12.4 Å². The number of nitrogens with zero attached hydrogens (tertiary/aromatic N) is 1. The van der Waals surface area contributed by atoms with Crippen molar-refractivity contribution in [3.8, 4) is 5.75 Å². The molecule has 0 amide bonds. The van der Waals surface area contributed by atoms with Gasteiger partial charge in [0.2, 0.25) is 0 Å². The summed E-state index contributed by atoms with van der Waals surface area (Å²) >= 11 is 0. The van der Waals surface area contributed by atoms with E-state index in [1.807, 2.05) is 0 Å². The molecule has 7 heteroatoms. The molecule has 148 valence electrons. The van der Waals surface area contributed by atoms with E-state index < -0.39 is 9.84 Å². The highest BCUT2D eigenvalue weighted by Gasteiger charge is 2.08. The molecule has 0 spiro atoms. The lowest BCUT2D eigenvalue weighted by Gasteiger charge is -2.18. The third-order valence-electron chi connectivity index (χ3n) is 4.24. The molecule has 0 aliphatic heterocycles. The topological polar surface area (TPSA) is 79.8 Å². The van der Waals surface area contributed by atoms with E-state index in [1.165, 1.54) is 25.5 Å². The maximum Gasteiger partial charge on any atom is 0.191 e. The van der Waals surface area contributed by atoms with E-state index in [-0.39, 0.29) is 0 Å². The van der Waals surface area contributed by atoms with Crippen LogP contribution in [-0.4, -0.2) is 47.4 Å². The van der Waals surface area contributed by atoms with Crippen LogP contribution in [0.5, 0.6) is 5.75 Å². The van der Waals surface area contributed by atoms with Gasteiger partial charge >= 0.3 is 0 Å². The van der Waals surface area contributed by atoms with E-state index >= 15 is 0 Å². The van der Waals surface area contributed by atoms with Gasteiger partial charge < -0.3 is 15.4 Å². The van der Waals surface area contributed by atoms with Crippen molar-refractivity contribution in [2.45, 2.75) is 44.4 Å². The molecule has 1 unspecified atom stereocenters. The first-order chi connectivity index (χ1) is 12.4. The normalized spacial score (nSPS) is 13.3. The Morgan fingerprint density at radius 3 is 2.42 bits per heavy atom. The van der Waals surface area contributed by atoms with Crippen molar-refractivity contribution in [2.75, 3.05) is 33.0 Å². The second-order valence-corrected chi connectivity index (χ2v) is 8.40. The van der Waals surface area contributed by atoms with Gasteiger partial charge in [0.15, 0.2) is 15.8 Å². The second kappa shape index (κ2) is 11.8. The summed E-state index contributed by atoms with van der Waals surface area (Å²) in [6.07, 6.45) is 6.08. The standard InChI is InChI=1S/C19H33N3O3S/c1-5-7-8-16(6-2)15-22-19(20-3)21-13-14-25-17-9-11-18(12-10-17)26(4,23)24/h9-12,16H,5-8,13-15H2,1-4H3,(H2,20,21,22). The lowest BCUT2D eigenvalue weighted by atomic mass is 9.99. The van der Waals surface area contributed by atoms with Crippen LogP contribution in [0, 0.1) is 5.92 Å². The maximum absolute atomic E-state index is 11.4. The van der Waals surface area contributed by atoms with Crippen molar-refractivity contribution >= 4 is 15.8 Å². The van der Waals surface area contributed by atoms with Crippen LogP contribution in [0.2, 0.25) is 0 Å². The molecule has 0 heterocycles. The molecule has 0 fully saturated rings. The van der Waals surface area contributed by atoms with Crippen LogP contribution >= 0.6 is 0 Å². The predicted molar refractivity (Wildman–Crippen MR) is 108 cm³/mol. The van der Waals surface area contributed by atoms with Crippen molar-refractivity contribution in [1.82, 2.24) is 10.6 Å². The Balaban J connectivity index is 2.32. The van der Waals surface area contributed by atoms with Gasteiger partial charge in [-0.3, -0.25) is 4.99 Å². The molecule has 0 saturated carbocycles. The highest BCUT2D eigenvalue weighted by atomic mass is 32.2. The van der Waals surface area contributed by atoms with Gasteiger partial charge in [-0.2, -0.15) is 0 Å². The summed E-state index contributed by atoms with van der Waals surface area (Å²) in [6, 6.07) is 6.45. The number of sulfone groups is 1. The monoisotopic (exact) mass is 383 g/mol. The fourth-order valence-electron chi connectivity index (χ4n) is 2.53. The first kappa shape index (κ1) is 22.3. The third kappa shape index (κ3) is 8.56. The number of benzene rings is 1. The summed E-state index contributed by atoms with van der Waals surface area (Å²) in [6.45, 7) is 6.44. The van der Waals surface area contributed by atoms with Crippen molar-refractivity contribution in [1.29, 1.82) is 0 Å². The van der Waals surface area contributed by atoms with Crippen molar-refractivity contribution in [2.24, 2.45) is 10.9 Å². The number of guanidine groups is 1. The van der Waals surface area contributed by atoms with Crippen LogP contribution in [0.15, 0.2) is 34.2 Å². The maximum atomic E-state index is 11.4. The van der Waals surface area contributed by atoms with Crippen molar-refractivity contribution in [3.63, 3.8) is 0 Å². The molecule has 0 radical (unpaired) electrons. The van der Waals surface area contributed by atoms with Crippen LogP contribution in [0.25, 0.3) is 0 Å². The van der Waals surface area contributed by atoms with Gasteiger partial charge in [0.05, 0.1) is 11.4 Å². The second-order valence-electron chi connectivity index (χ2n) is 6.39. The number of aliphatic imine (C=N–C) groups is 1. The Bertz CT molecular complexity index is 642. The Morgan fingerprint density at radius 1 is 1.19 bits per heavy atom. The Hall–Kier alpha value is -1.76. The molecule has 0 aliphatic rings. The molecule has 2 N–H and O–H groups in total. The van der Waals surface area contributed by atoms with Gasteiger partial charge in [-0.15, -0.1) is 0 Å². The third-order valence-corrected chi connectivity index (χ3v) is 5.37. The molecule has 6 nitrogen and oxygen atoms in total. The lowest BCUT2D eigenvalue weighted by molar-refractivity contribution is 0.321. The fraction of sp³-hybridized carbons (Fsp3) is 0.632. The molecule has 1 aromatic rings.